The highest BCUT2D eigenvalue weighted by atomic mass is 35.5. The van der Waals surface area contributed by atoms with Crippen LogP contribution in [0.1, 0.15) is 29.6 Å². The molecule has 1 amide bonds. The number of benzene rings is 1. The molecule has 0 spiro atoms. The monoisotopic (exact) mass is 463 g/mol. The van der Waals surface area contributed by atoms with Gasteiger partial charge in [0.15, 0.2) is 0 Å². The van der Waals surface area contributed by atoms with Crippen LogP contribution in [0.4, 0.5) is 5.69 Å². The molecule has 30 heavy (non-hydrogen) atoms. The normalized spacial score (nSPS) is 14.0. The average Bonchev–Trinajstić information content (AvgIpc) is 3.14. The quantitative estimate of drug-likeness (QED) is 0.530. The van der Waals surface area contributed by atoms with Gasteiger partial charge in [-0.3, -0.25) is 9.52 Å². The van der Waals surface area contributed by atoms with Crippen LogP contribution in [-0.2, 0) is 10.0 Å². The van der Waals surface area contributed by atoms with Crippen molar-refractivity contribution in [1.29, 1.82) is 0 Å². The maximum atomic E-state index is 12.3. The molecule has 1 aromatic carbocycles. The van der Waals surface area contributed by atoms with Gasteiger partial charge in [0.05, 0.1) is 16.2 Å². The second-order valence-electron chi connectivity index (χ2n) is 6.78. The van der Waals surface area contributed by atoms with E-state index in [1.54, 1.807) is 36.4 Å². The summed E-state index contributed by atoms with van der Waals surface area (Å²) in [5.41, 5.74) is 0.871. The lowest BCUT2D eigenvalue weighted by Gasteiger charge is -2.26. The van der Waals surface area contributed by atoms with E-state index in [9.17, 15) is 13.2 Å². The van der Waals surface area contributed by atoms with Gasteiger partial charge in [0, 0.05) is 17.7 Å². The van der Waals surface area contributed by atoms with Crippen molar-refractivity contribution in [2.75, 3.05) is 4.72 Å². The number of nitrogens with one attached hydrogen (secondary N) is 2. The third kappa shape index (κ3) is 4.92. The Morgan fingerprint density at radius 1 is 1.10 bits per heavy atom. The summed E-state index contributed by atoms with van der Waals surface area (Å²) in [5.74, 6) is 0.723. The Hall–Kier alpha value is -2.62. The number of ether oxygens (including phenoxy) is 1. The van der Waals surface area contributed by atoms with Crippen LogP contribution in [0.15, 0.2) is 58.9 Å². The predicted octanol–water partition coefficient (Wildman–Crippen LogP) is 4.67. The number of carbonyl (C=O) groups excluding carboxylic acids is 1. The topological polar surface area (TPSA) is 97.4 Å². The number of rotatable bonds is 7. The van der Waals surface area contributed by atoms with E-state index in [0.717, 1.165) is 30.6 Å². The number of thiophene rings is 1. The molecule has 0 radical (unpaired) electrons. The van der Waals surface area contributed by atoms with Crippen LogP contribution in [0.3, 0.4) is 0 Å². The zero-order chi connectivity index (χ0) is 21.1. The van der Waals surface area contributed by atoms with Gasteiger partial charge < -0.3 is 10.1 Å². The highest BCUT2D eigenvalue weighted by molar-refractivity contribution is 7.94. The summed E-state index contributed by atoms with van der Waals surface area (Å²) in [6.07, 6.45) is 4.59. The van der Waals surface area contributed by atoms with E-state index in [1.165, 1.54) is 18.3 Å². The number of aromatic nitrogens is 1. The fourth-order valence-electron chi connectivity index (χ4n) is 2.77. The smallest absolute Gasteiger partial charge is 0.271 e. The fourth-order valence-corrected chi connectivity index (χ4v) is 5.29. The molecule has 1 aliphatic carbocycles. The Balaban J connectivity index is 1.36. The lowest BCUT2D eigenvalue weighted by Crippen LogP contribution is -2.39. The van der Waals surface area contributed by atoms with E-state index >= 15 is 0 Å². The molecule has 0 bridgehead atoms. The van der Waals surface area contributed by atoms with Crippen molar-refractivity contribution >= 4 is 44.6 Å². The molecule has 4 rings (SSSR count). The highest BCUT2D eigenvalue weighted by Gasteiger charge is 2.20. The summed E-state index contributed by atoms with van der Waals surface area (Å²) in [5, 5.41) is 2.98. The summed E-state index contributed by atoms with van der Waals surface area (Å²) in [6, 6.07) is 13.1. The van der Waals surface area contributed by atoms with E-state index in [0.29, 0.717) is 27.2 Å². The molecule has 3 aromatic rings. The summed E-state index contributed by atoms with van der Waals surface area (Å²) in [6.45, 7) is 0. The highest BCUT2D eigenvalue weighted by Crippen LogP contribution is 2.28. The first kappa shape index (κ1) is 20.6. The van der Waals surface area contributed by atoms with Crippen LogP contribution >= 0.6 is 22.9 Å². The van der Waals surface area contributed by atoms with Crippen molar-refractivity contribution in [2.45, 2.75) is 29.5 Å². The van der Waals surface area contributed by atoms with Crippen molar-refractivity contribution in [1.82, 2.24) is 10.3 Å². The molecule has 1 saturated carbocycles. The number of carbonyl (C=O) groups is 1. The van der Waals surface area contributed by atoms with Gasteiger partial charge in [-0.1, -0.05) is 11.6 Å². The van der Waals surface area contributed by atoms with Crippen molar-refractivity contribution in [3.8, 4) is 11.6 Å². The number of pyridine rings is 1. The number of nitrogens with zero attached hydrogens (tertiary/aromatic N) is 1. The fraction of sp³-hybridized carbons (Fsp3) is 0.200. The van der Waals surface area contributed by atoms with Crippen LogP contribution in [0.2, 0.25) is 4.34 Å². The zero-order valence-corrected chi connectivity index (χ0v) is 18.1. The van der Waals surface area contributed by atoms with E-state index in [2.05, 4.69) is 15.0 Å². The number of amides is 1. The summed E-state index contributed by atoms with van der Waals surface area (Å²) in [7, 11) is -3.72. The Labute approximate surface area is 183 Å². The molecule has 156 valence electrons. The van der Waals surface area contributed by atoms with Crippen molar-refractivity contribution in [3.63, 3.8) is 0 Å². The minimum absolute atomic E-state index is 0.0898. The predicted molar refractivity (Wildman–Crippen MR) is 116 cm³/mol. The van der Waals surface area contributed by atoms with Gasteiger partial charge in [-0.25, -0.2) is 13.4 Å². The van der Waals surface area contributed by atoms with Gasteiger partial charge in [-0.2, -0.15) is 0 Å². The summed E-state index contributed by atoms with van der Waals surface area (Å²) in [4.78, 5) is 16.3. The molecular weight excluding hydrogens is 446 g/mol. The first-order valence-electron chi connectivity index (χ1n) is 9.22. The molecule has 0 unspecified atom stereocenters. The van der Waals surface area contributed by atoms with Crippen molar-refractivity contribution in [3.05, 3.63) is 64.6 Å². The summed E-state index contributed by atoms with van der Waals surface area (Å²) >= 11 is 6.77. The molecule has 7 nitrogen and oxygen atoms in total. The molecule has 0 atom stereocenters. The van der Waals surface area contributed by atoms with E-state index in [4.69, 9.17) is 16.3 Å². The Morgan fingerprint density at radius 2 is 1.87 bits per heavy atom. The second kappa shape index (κ2) is 8.63. The standard InChI is InChI=1S/C20H18ClN3O4S2/c21-17-9-11-19(29-17)30(26,27)24-15-6-10-18(22-12-15)28-16-7-4-13(5-8-16)20(25)23-14-2-1-3-14/h4-12,14,24H,1-3H2,(H,23,25). The van der Waals surface area contributed by atoms with Crippen molar-refractivity contribution in [2.24, 2.45) is 0 Å². The van der Waals surface area contributed by atoms with Crippen LogP contribution in [0.25, 0.3) is 0 Å². The van der Waals surface area contributed by atoms with Gasteiger partial charge in [0.1, 0.15) is 9.96 Å². The SMILES string of the molecule is O=C(NC1CCC1)c1ccc(Oc2ccc(NS(=O)(=O)c3ccc(Cl)s3)cn2)cc1. The second-order valence-corrected chi connectivity index (χ2v) is 10.4. The molecule has 0 aliphatic heterocycles. The van der Waals surface area contributed by atoms with Gasteiger partial charge in [-0.05, 0) is 61.7 Å². The Morgan fingerprint density at radius 3 is 2.43 bits per heavy atom. The zero-order valence-electron chi connectivity index (χ0n) is 15.7. The number of anilines is 1. The summed E-state index contributed by atoms with van der Waals surface area (Å²) < 4.78 is 33.3. The first-order chi connectivity index (χ1) is 14.4. The maximum absolute atomic E-state index is 12.3. The van der Waals surface area contributed by atoms with E-state index in [-0.39, 0.29) is 16.2 Å². The average molecular weight is 464 g/mol. The van der Waals surface area contributed by atoms with Gasteiger partial charge >= 0.3 is 0 Å². The van der Waals surface area contributed by atoms with Gasteiger partial charge in [0.2, 0.25) is 5.88 Å². The van der Waals surface area contributed by atoms with Crippen LogP contribution < -0.4 is 14.8 Å². The van der Waals surface area contributed by atoms with E-state index < -0.39 is 10.0 Å². The molecule has 1 fully saturated rings. The Kier molecular flexibility index (Phi) is 5.94. The van der Waals surface area contributed by atoms with Crippen LogP contribution in [0, 0.1) is 0 Å². The minimum atomic E-state index is -3.72. The van der Waals surface area contributed by atoms with Gasteiger partial charge in [-0.15, -0.1) is 11.3 Å². The largest absolute Gasteiger partial charge is 0.439 e. The third-order valence-corrected chi connectivity index (χ3v) is 7.69. The minimum Gasteiger partial charge on any atom is -0.439 e. The third-order valence-electron chi connectivity index (χ3n) is 4.58. The van der Waals surface area contributed by atoms with E-state index in [1.807, 2.05) is 0 Å². The van der Waals surface area contributed by atoms with Crippen LogP contribution in [-0.4, -0.2) is 25.4 Å². The molecule has 10 heteroatoms. The molecule has 0 saturated heterocycles. The van der Waals surface area contributed by atoms with Gasteiger partial charge in [0.25, 0.3) is 15.9 Å². The molecule has 2 N–H and O–H groups in total. The molecule has 2 heterocycles. The first-order valence-corrected chi connectivity index (χ1v) is 11.9. The molecular formula is C20H18ClN3O4S2. The van der Waals surface area contributed by atoms with Crippen molar-refractivity contribution < 1.29 is 17.9 Å². The van der Waals surface area contributed by atoms with Crippen LogP contribution in [0.5, 0.6) is 11.6 Å². The molecule has 2 aromatic heterocycles. The number of sulfonamides is 1. The number of hydrogen-bond acceptors (Lipinski definition) is 6. The number of hydrogen-bond donors (Lipinski definition) is 2. The maximum Gasteiger partial charge on any atom is 0.271 e. The Bertz CT molecular complexity index is 1140. The molecule has 1 aliphatic rings. The lowest BCUT2D eigenvalue weighted by molar-refractivity contribution is 0.0917. The lowest BCUT2D eigenvalue weighted by atomic mass is 9.93. The number of halogens is 1.